The molecule has 0 heterocycles. The zero-order chi connectivity index (χ0) is 10.4. The van der Waals surface area contributed by atoms with E-state index in [-0.39, 0.29) is 0 Å². The Morgan fingerprint density at radius 1 is 1.38 bits per heavy atom. The molecule has 0 aliphatic carbocycles. The maximum absolute atomic E-state index is 10.7. The molecule has 3 N–H and O–H groups in total. The first-order valence-corrected chi connectivity index (χ1v) is 4.57. The molecule has 4 nitrogen and oxygen atoms in total. The van der Waals surface area contributed by atoms with Gasteiger partial charge >= 0.3 is 5.97 Å². The van der Waals surface area contributed by atoms with Gasteiger partial charge in [-0.15, -0.1) is 0 Å². The van der Waals surface area contributed by atoms with Crippen molar-refractivity contribution in [1.29, 1.82) is 0 Å². The van der Waals surface area contributed by atoms with Crippen LogP contribution in [0.1, 0.15) is 27.2 Å². The molecule has 2 unspecified atom stereocenters. The Kier molecular flexibility index (Phi) is 5.66. The standard InChI is InChI=1S/C9H19NO3/c1-6(2)4-8(9(12)13)10-5-7(3)11/h6-8,10-11H,4-5H2,1-3H3,(H,12,13). The van der Waals surface area contributed by atoms with E-state index in [9.17, 15) is 4.79 Å². The lowest BCUT2D eigenvalue weighted by molar-refractivity contribution is -0.140. The average Bonchev–Trinajstić information content (AvgIpc) is 1.96. The third-order valence-electron chi connectivity index (χ3n) is 1.66. The van der Waals surface area contributed by atoms with Crippen LogP contribution in [-0.4, -0.2) is 34.9 Å². The smallest absolute Gasteiger partial charge is 0.320 e. The van der Waals surface area contributed by atoms with Crippen LogP contribution < -0.4 is 5.32 Å². The minimum absolute atomic E-state index is 0.323. The van der Waals surface area contributed by atoms with Crippen LogP contribution in [-0.2, 0) is 4.79 Å². The molecule has 0 fully saturated rings. The summed E-state index contributed by atoms with van der Waals surface area (Å²) in [6.45, 7) is 5.89. The van der Waals surface area contributed by atoms with Crippen molar-refractivity contribution in [3.05, 3.63) is 0 Å². The van der Waals surface area contributed by atoms with Crippen molar-refractivity contribution < 1.29 is 15.0 Å². The largest absolute Gasteiger partial charge is 0.480 e. The van der Waals surface area contributed by atoms with E-state index in [0.717, 1.165) is 0 Å². The lowest BCUT2D eigenvalue weighted by Crippen LogP contribution is -2.41. The zero-order valence-electron chi connectivity index (χ0n) is 8.45. The van der Waals surface area contributed by atoms with Gasteiger partial charge in [0, 0.05) is 6.54 Å². The normalized spacial score (nSPS) is 15.8. The van der Waals surface area contributed by atoms with Crippen LogP contribution in [0.4, 0.5) is 0 Å². The number of hydrogen-bond acceptors (Lipinski definition) is 3. The highest BCUT2D eigenvalue weighted by atomic mass is 16.4. The Balaban J connectivity index is 3.88. The van der Waals surface area contributed by atoms with Gasteiger partial charge in [-0.1, -0.05) is 13.8 Å². The average molecular weight is 189 g/mol. The molecule has 0 aliphatic heterocycles. The number of carboxylic acid groups (broad SMARTS) is 1. The molecule has 0 amide bonds. The number of carbonyl (C=O) groups is 1. The van der Waals surface area contributed by atoms with Crippen LogP contribution in [0.25, 0.3) is 0 Å². The van der Waals surface area contributed by atoms with Crippen molar-refractivity contribution in [3.8, 4) is 0 Å². The van der Waals surface area contributed by atoms with Crippen LogP contribution in [0.3, 0.4) is 0 Å². The third-order valence-corrected chi connectivity index (χ3v) is 1.66. The summed E-state index contributed by atoms with van der Waals surface area (Å²) in [6, 6.07) is -0.547. The van der Waals surface area contributed by atoms with E-state index in [2.05, 4.69) is 5.32 Å². The van der Waals surface area contributed by atoms with E-state index < -0.39 is 18.1 Å². The first-order valence-electron chi connectivity index (χ1n) is 4.57. The fourth-order valence-corrected chi connectivity index (χ4v) is 1.06. The van der Waals surface area contributed by atoms with Gasteiger partial charge in [0.15, 0.2) is 0 Å². The summed E-state index contributed by atoms with van der Waals surface area (Å²) >= 11 is 0. The molecule has 0 rings (SSSR count). The van der Waals surface area contributed by atoms with Crippen LogP contribution in [0, 0.1) is 5.92 Å². The van der Waals surface area contributed by atoms with Crippen LogP contribution >= 0.6 is 0 Å². The van der Waals surface area contributed by atoms with Crippen molar-refractivity contribution in [2.75, 3.05) is 6.54 Å². The maximum Gasteiger partial charge on any atom is 0.320 e. The summed E-state index contributed by atoms with van der Waals surface area (Å²) < 4.78 is 0. The molecule has 0 radical (unpaired) electrons. The Labute approximate surface area is 79.0 Å². The van der Waals surface area contributed by atoms with Crippen molar-refractivity contribution >= 4 is 5.97 Å². The molecule has 0 spiro atoms. The molecule has 0 bridgehead atoms. The molecule has 0 aromatic carbocycles. The molecule has 0 aromatic rings. The summed E-state index contributed by atoms with van der Waals surface area (Å²) in [6.07, 6.45) is 0.0798. The molecule has 0 aromatic heterocycles. The van der Waals surface area contributed by atoms with Crippen molar-refractivity contribution in [3.63, 3.8) is 0 Å². The minimum Gasteiger partial charge on any atom is -0.480 e. The number of rotatable bonds is 6. The summed E-state index contributed by atoms with van der Waals surface area (Å²) in [4.78, 5) is 10.7. The molecule has 0 saturated heterocycles. The van der Waals surface area contributed by atoms with E-state index in [1.54, 1.807) is 6.92 Å². The van der Waals surface area contributed by atoms with E-state index in [4.69, 9.17) is 10.2 Å². The Bertz CT molecular complexity index is 157. The topological polar surface area (TPSA) is 69.6 Å². The van der Waals surface area contributed by atoms with Gasteiger partial charge in [0.2, 0.25) is 0 Å². The number of nitrogens with one attached hydrogen (secondary N) is 1. The van der Waals surface area contributed by atoms with Gasteiger partial charge in [-0.2, -0.15) is 0 Å². The summed E-state index contributed by atoms with van der Waals surface area (Å²) in [5.41, 5.74) is 0. The highest BCUT2D eigenvalue weighted by molar-refractivity contribution is 5.73. The predicted molar refractivity (Wildman–Crippen MR) is 50.6 cm³/mol. The van der Waals surface area contributed by atoms with Crippen LogP contribution in [0.5, 0.6) is 0 Å². The SMILES string of the molecule is CC(C)CC(NCC(C)O)C(=O)O. The van der Waals surface area contributed by atoms with Crippen LogP contribution in [0.2, 0.25) is 0 Å². The quantitative estimate of drug-likeness (QED) is 0.567. The highest BCUT2D eigenvalue weighted by Gasteiger charge is 2.18. The molecule has 0 aliphatic rings. The Morgan fingerprint density at radius 2 is 1.92 bits per heavy atom. The van der Waals surface area contributed by atoms with Gasteiger partial charge < -0.3 is 15.5 Å². The first-order chi connectivity index (χ1) is 5.93. The molecular weight excluding hydrogens is 170 g/mol. The Morgan fingerprint density at radius 3 is 2.23 bits per heavy atom. The fraction of sp³-hybridized carbons (Fsp3) is 0.889. The van der Waals surface area contributed by atoms with Crippen molar-refractivity contribution in [2.45, 2.75) is 39.3 Å². The fourth-order valence-electron chi connectivity index (χ4n) is 1.06. The van der Waals surface area contributed by atoms with Crippen molar-refractivity contribution in [2.24, 2.45) is 5.92 Å². The van der Waals surface area contributed by atoms with E-state index in [1.165, 1.54) is 0 Å². The van der Waals surface area contributed by atoms with Crippen molar-refractivity contribution in [1.82, 2.24) is 5.32 Å². The van der Waals surface area contributed by atoms with Gasteiger partial charge in [-0.3, -0.25) is 4.79 Å². The second-order valence-electron chi connectivity index (χ2n) is 3.78. The molecular formula is C9H19NO3. The monoisotopic (exact) mass is 189 g/mol. The molecule has 78 valence electrons. The van der Waals surface area contributed by atoms with Gasteiger partial charge in [-0.05, 0) is 19.3 Å². The summed E-state index contributed by atoms with van der Waals surface area (Å²) in [5, 5.41) is 20.6. The zero-order valence-corrected chi connectivity index (χ0v) is 8.45. The van der Waals surface area contributed by atoms with Crippen LogP contribution in [0.15, 0.2) is 0 Å². The molecule has 4 heteroatoms. The third kappa shape index (κ3) is 6.54. The first kappa shape index (κ1) is 12.4. The second kappa shape index (κ2) is 5.94. The molecule has 0 saturated carbocycles. The number of aliphatic carboxylic acids is 1. The molecule has 2 atom stereocenters. The van der Waals surface area contributed by atoms with E-state index in [0.29, 0.717) is 18.9 Å². The number of aliphatic hydroxyl groups is 1. The van der Waals surface area contributed by atoms with E-state index in [1.807, 2.05) is 13.8 Å². The second-order valence-corrected chi connectivity index (χ2v) is 3.78. The minimum atomic E-state index is -0.852. The van der Waals surface area contributed by atoms with Gasteiger partial charge in [0.05, 0.1) is 6.10 Å². The maximum atomic E-state index is 10.7. The highest BCUT2D eigenvalue weighted by Crippen LogP contribution is 2.04. The number of aliphatic hydroxyl groups excluding tert-OH is 1. The number of carboxylic acids is 1. The lowest BCUT2D eigenvalue weighted by atomic mass is 10.0. The van der Waals surface area contributed by atoms with E-state index >= 15 is 0 Å². The Hall–Kier alpha value is -0.610. The van der Waals surface area contributed by atoms with Gasteiger partial charge in [0.1, 0.15) is 6.04 Å². The summed E-state index contributed by atoms with van der Waals surface area (Å²) in [5.74, 6) is -0.517. The molecule has 13 heavy (non-hydrogen) atoms. The summed E-state index contributed by atoms with van der Waals surface area (Å²) in [7, 11) is 0. The lowest BCUT2D eigenvalue weighted by Gasteiger charge is -2.17. The van der Waals surface area contributed by atoms with Gasteiger partial charge in [-0.25, -0.2) is 0 Å². The predicted octanol–water partition coefficient (Wildman–Crippen LogP) is 0.456. The van der Waals surface area contributed by atoms with Gasteiger partial charge in [0.25, 0.3) is 0 Å². The number of hydrogen-bond donors (Lipinski definition) is 3.